The van der Waals surface area contributed by atoms with Gasteiger partial charge in [-0.1, -0.05) is 17.7 Å². The van der Waals surface area contributed by atoms with Gasteiger partial charge in [0, 0.05) is 17.6 Å². The minimum absolute atomic E-state index is 0.167. The van der Waals surface area contributed by atoms with E-state index in [0.29, 0.717) is 17.9 Å². The molecule has 1 aromatic heterocycles. The molecule has 0 fully saturated rings. The summed E-state index contributed by atoms with van der Waals surface area (Å²) in [5.41, 5.74) is 5.40. The van der Waals surface area contributed by atoms with Crippen LogP contribution in [-0.4, -0.2) is 21.8 Å². The van der Waals surface area contributed by atoms with Crippen molar-refractivity contribution in [3.8, 4) is 0 Å². The molecule has 0 radical (unpaired) electrons. The number of hydrogen-bond acceptors (Lipinski definition) is 4. The van der Waals surface area contributed by atoms with E-state index < -0.39 is 5.97 Å². The molecule has 5 nitrogen and oxygen atoms in total. The Bertz CT molecular complexity index is 657. The Balaban J connectivity index is 2.04. The van der Waals surface area contributed by atoms with E-state index in [4.69, 9.17) is 16.7 Å². The van der Waals surface area contributed by atoms with Gasteiger partial charge in [-0.25, -0.2) is 0 Å². The highest BCUT2D eigenvalue weighted by Crippen LogP contribution is 2.14. The van der Waals surface area contributed by atoms with Gasteiger partial charge in [0.15, 0.2) is 0 Å². The van der Waals surface area contributed by atoms with Crippen molar-refractivity contribution in [2.24, 2.45) is 5.10 Å². The van der Waals surface area contributed by atoms with Crippen molar-refractivity contribution in [1.29, 1.82) is 0 Å². The van der Waals surface area contributed by atoms with Crippen molar-refractivity contribution >= 4 is 29.0 Å². The van der Waals surface area contributed by atoms with Crippen molar-refractivity contribution in [3.05, 3.63) is 59.4 Å². The molecule has 0 amide bonds. The Labute approximate surface area is 140 Å². The molecule has 0 bridgehead atoms. The summed E-state index contributed by atoms with van der Waals surface area (Å²) in [6.07, 6.45) is 3.89. The van der Waals surface area contributed by atoms with E-state index in [1.165, 1.54) is 0 Å². The van der Waals surface area contributed by atoms with E-state index in [1.807, 2.05) is 30.3 Å². The maximum atomic E-state index is 10.6. The minimum Gasteiger partial charge on any atom is -0.481 e. The molecule has 2 N–H and O–H groups in total. The second kappa shape index (κ2) is 8.90. The lowest BCUT2D eigenvalue weighted by Gasteiger charge is -2.07. The molecule has 2 rings (SSSR count). The lowest BCUT2D eigenvalue weighted by Crippen LogP contribution is -2.07. The summed E-state index contributed by atoms with van der Waals surface area (Å²) >= 11 is 5.86. The van der Waals surface area contributed by atoms with Gasteiger partial charge in [-0.15, -0.1) is 0 Å². The van der Waals surface area contributed by atoms with Gasteiger partial charge in [0.25, 0.3) is 0 Å². The predicted octanol–water partition coefficient (Wildman–Crippen LogP) is 4.20. The smallest absolute Gasteiger partial charge is 0.303 e. The zero-order valence-electron chi connectivity index (χ0n) is 12.6. The van der Waals surface area contributed by atoms with Crippen LogP contribution in [-0.2, 0) is 4.79 Å². The fourth-order valence-corrected chi connectivity index (χ4v) is 2.13. The van der Waals surface area contributed by atoms with E-state index in [-0.39, 0.29) is 6.42 Å². The lowest BCUT2D eigenvalue weighted by atomic mass is 10.1. The first kappa shape index (κ1) is 17.0. The number of unbranched alkanes of at least 4 members (excludes halogenated alkanes) is 1. The molecule has 23 heavy (non-hydrogen) atoms. The van der Waals surface area contributed by atoms with Gasteiger partial charge in [0.2, 0.25) is 0 Å². The summed E-state index contributed by atoms with van der Waals surface area (Å²) in [6.45, 7) is 0. The minimum atomic E-state index is -0.777. The molecule has 0 saturated carbocycles. The standard InChI is InChI=1S/C17H18ClN3O2/c18-13-8-10-14(11-9-13)20-21-16(6-1-2-7-17(22)23)15-5-3-4-12-19-15/h3-5,8-12,20H,1-2,6-7H2,(H,22,23). The van der Waals surface area contributed by atoms with Crippen LogP contribution in [0.4, 0.5) is 5.69 Å². The third-order valence-corrected chi connectivity index (χ3v) is 3.43. The fraction of sp³-hybridized carbons (Fsp3) is 0.235. The number of aliphatic carboxylic acids is 1. The van der Waals surface area contributed by atoms with Crippen molar-refractivity contribution in [3.63, 3.8) is 0 Å². The third-order valence-electron chi connectivity index (χ3n) is 3.18. The second-order valence-electron chi connectivity index (χ2n) is 4.99. The number of rotatable bonds is 8. The number of pyridine rings is 1. The van der Waals surface area contributed by atoms with Crippen LogP contribution in [0.25, 0.3) is 0 Å². The fourth-order valence-electron chi connectivity index (χ4n) is 2.00. The highest BCUT2D eigenvalue weighted by molar-refractivity contribution is 6.30. The van der Waals surface area contributed by atoms with Gasteiger partial charge in [0.1, 0.15) is 0 Å². The van der Waals surface area contributed by atoms with Gasteiger partial charge in [-0.05, 0) is 55.7 Å². The predicted molar refractivity (Wildman–Crippen MR) is 92.0 cm³/mol. The van der Waals surface area contributed by atoms with E-state index in [1.54, 1.807) is 18.3 Å². The molecule has 120 valence electrons. The normalized spacial score (nSPS) is 11.3. The molecule has 0 spiro atoms. The number of hydrogen-bond donors (Lipinski definition) is 2. The second-order valence-corrected chi connectivity index (χ2v) is 5.43. The summed E-state index contributed by atoms with van der Waals surface area (Å²) in [7, 11) is 0. The molecule has 0 aliphatic heterocycles. The van der Waals surface area contributed by atoms with Crippen molar-refractivity contribution in [2.45, 2.75) is 25.7 Å². The van der Waals surface area contributed by atoms with Crippen LogP contribution in [0.2, 0.25) is 5.02 Å². The summed E-state index contributed by atoms with van der Waals surface area (Å²) in [5.74, 6) is -0.777. The first-order valence-electron chi connectivity index (χ1n) is 7.36. The Hall–Kier alpha value is -2.40. The largest absolute Gasteiger partial charge is 0.481 e. The number of nitrogens with one attached hydrogen (secondary N) is 1. The Kier molecular flexibility index (Phi) is 6.56. The van der Waals surface area contributed by atoms with E-state index in [9.17, 15) is 4.79 Å². The first-order valence-corrected chi connectivity index (χ1v) is 7.74. The Morgan fingerprint density at radius 2 is 1.87 bits per heavy atom. The zero-order chi connectivity index (χ0) is 16.5. The van der Waals surface area contributed by atoms with Crippen molar-refractivity contribution < 1.29 is 9.90 Å². The van der Waals surface area contributed by atoms with Crippen LogP contribution in [0, 0.1) is 0 Å². The van der Waals surface area contributed by atoms with Crippen LogP contribution >= 0.6 is 11.6 Å². The number of halogens is 1. The van der Waals surface area contributed by atoms with Gasteiger partial charge >= 0.3 is 5.97 Å². The maximum absolute atomic E-state index is 10.6. The third kappa shape index (κ3) is 6.08. The molecular weight excluding hydrogens is 314 g/mol. The molecule has 2 aromatic rings. The molecule has 1 aromatic carbocycles. The topological polar surface area (TPSA) is 74.6 Å². The van der Waals surface area contributed by atoms with Gasteiger partial charge < -0.3 is 5.11 Å². The summed E-state index contributed by atoms with van der Waals surface area (Å²) in [5, 5.41) is 13.8. The number of benzene rings is 1. The monoisotopic (exact) mass is 331 g/mol. The van der Waals surface area contributed by atoms with Crippen LogP contribution < -0.4 is 5.43 Å². The van der Waals surface area contributed by atoms with Gasteiger partial charge in [0.05, 0.1) is 17.1 Å². The number of carboxylic acid groups (broad SMARTS) is 1. The maximum Gasteiger partial charge on any atom is 0.303 e. The number of carboxylic acids is 1. The number of aromatic nitrogens is 1. The average molecular weight is 332 g/mol. The number of anilines is 1. The highest BCUT2D eigenvalue weighted by atomic mass is 35.5. The number of hydrazone groups is 1. The Morgan fingerprint density at radius 1 is 1.13 bits per heavy atom. The Morgan fingerprint density at radius 3 is 2.52 bits per heavy atom. The van der Waals surface area contributed by atoms with E-state index in [0.717, 1.165) is 23.5 Å². The molecule has 0 atom stereocenters. The molecular formula is C17H18ClN3O2. The summed E-state index contributed by atoms with van der Waals surface area (Å²) in [6, 6.07) is 12.9. The van der Waals surface area contributed by atoms with Crippen LogP contribution in [0.3, 0.4) is 0 Å². The molecule has 0 aliphatic carbocycles. The number of nitrogens with zero attached hydrogens (tertiary/aromatic N) is 2. The lowest BCUT2D eigenvalue weighted by molar-refractivity contribution is -0.137. The molecule has 0 saturated heterocycles. The average Bonchev–Trinajstić information content (AvgIpc) is 2.56. The first-order chi connectivity index (χ1) is 11.1. The zero-order valence-corrected chi connectivity index (χ0v) is 13.3. The van der Waals surface area contributed by atoms with E-state index in [2.05, 4.69) is 15.5 Å². The van der Waals surface area contributed by atoms with Gasteiger partial charge in [-0.3, -0.25) is 15.2 Å². The van der Waals surface area contributed by atoms with Crippen LogP contribution in [0.15, 0.2) is 53.8 Å². The SMILES string of the molecule is O=C(O)CCCCC(=NNc1ccc(Cl)cc1)c1ccccn1. The summed E-state index contributed by atoms with van der Waals surface area (Å²) < 4.78 is 0. The molecule has 0 unspecified atom stereocenters. The van der Waals surface area contributed by atoms with Gasteiger partial charge in [-0.2, -0.15) is 5.10 Å². The van der Waals surface area contributed by atoms with E-state index >= 15 is 0 Å². The van der Waals surface area contributed by atoms with Crippen molar-refractivity contribution in [2.75, 3.05) is 5.43 Å². The molecule has 1 heterocycles. The molecule has 0 aliphatic rings. The van der Waals surface area contributed by atoms with Crippen LogP contribution in [0.5, 0.6) is 0 Å². The molecule has 6 heteroatoms. The quantitative estimate of drug-likeness (QED) is 0.432. The number of carbonyl (C=O) groups is 1. The van der Waals surface area contributed by atoms with Crippen LogP contribution in [0.1, 0.15) is 31.4 Å². The van der Waals surface area contributed by atoms with Crippen molar-refractivity contribution in [1.82, 2.24) is 4.98 Å². The summed E-state index contributed by atoms with van der Waals surface area (Å²) in [4.78, 5) is 14.9. The highest BCUT2D eigenvalue weighted by Gasteiger charge is 2.06.